The van der Waals surface area contributed by atoms with Crippen LogP contribution in [0.15, 0.2) is 11.2 Å². The van der Waals surface area contributed by atoms with Crippen LogP contribution in [0.25, 0.3) is 0 Å². The summed E-state index contributed by atoms with van der Waals surface area (Å²) in [7, 11) is -3.61. The minimum absolute atomic E-state index is 0.0668. The lowest BCUT2D eigenvalue weighted by atomic mass is 9.93. The molecule has 1 aliphatic carbocycles. The van der Waals surface area contributed by atoms with Gasteiger partial charge in [0.05, 0.1) is 12.3 Å². The highest BCUT2D eigenvalue weighted by Gasteiger charge is 2.28. The fourth-order valence-electron chi connectivity index (χ4n) is 2.17. The summed E-state index contributed by atoms with van der Waals surface area (Å²) in [5, 5.41) is 9.84. The second kappa shape index (κ2) is 5.38. The normalized spacial score (nSPS) is 25.2. The van der Waals surface area contributed by atoms with Crippen LogP contribution in [0.5, 0.6) is 0 Å². The predicted molar refractivity (Wildman–Crippen MR) is 66.6 cm³/mol. The highest BCUT2D eigenvalue weighted by atomic mass is 32.2. The number of nitrogens with zero attached hydrogens (tertiary/aromatic N) is 1. The number of aryl methyl sites for hydroxylation is 1. The van der Waals surface area contributed by atoms with Gasteiger partial charge in [0.15, 0.2) is 5.03 Å². The van der Waals surface area contributed by atoms with Crippen molar-refractivity contribution in [1.29, 1.82) is 0 Å². The smallest absolute Gasteiger partial charge is 0.257 e. The van der Waals surface area contributed by atoms with Crippen molar-refractivity contribution in [2.45, 2.75) is 56.2 Å². The van der Waals surface area contributed by atoms with Gasteiger partial charge >= 0.3 is 0 Å². The Labute approximate surface area is 107 Å². The van der Waals surface area contributed by atoms with Gasteiger partial charge in [-0.05, 0) is 12.8 Å². The second-order valence-electron chi connectivity index (χ2n) is 4.63. The first-order chi connectivity index (χ1) is 8.53. The first kappa shape index (κ1) is 13.5. The van der Waals surface area contributed by atoms with E-state index in [1.807, 2.05) is 6.92 Å². The lowest BCUT2D eigenvalue weighted by Gasteiger charge is -2.27. The average molecular weight is 273 g/mol. The molecular formula is C11H19N3O3S. The molecule has 0 aliphatic heterocycles. The van der Waals surface area contributed by atoms with Crippen molar-refractivity contribution in [3.8, 4) is 0 Å². The molecule has 2 rings (SSSR count). The molecule has 1 heterocycles. The van der Waals surface area contributed by atoms with Crippen molar-refractivity contribution in [1.82, 2.24) is 14.7 Å². The van der Waals surface area contributed by atoms with Gasteiger partial charge in [0.1, 0.15) is 5.82 Å². The van der Waals surface area contributed by atoms with Crippen LogP contribution < -0.4 is 4.72 Å². The second-order valence-corrected chi connectivity index (χ2v) is 6.31. The van der Waals surface area contributed by atoms with E-state index in [0.29, 0.717) is 25.1 Å². The average Bonchev–Trinajstić information content (AvgIpc) is 2.81. The number of imidazole rings is 1. The van der Waals surface area contributed by atoms with E-state index in [0.717, 1.165) is 12.8 Å². The quantitative estimate of drug-likeness (QED) is 0.746. The zero-order chi connectivity index (χ0) is 13.2. The lowest BCUT2D eigenvalue weighted by Crippen LogP contribution is -2.45. The van der Waals surface area contributed by atoms with Crippen molar-refractivity contribution >= 4 is 10.0 Å². The van der Waals surface area contributed by atoms with Gasteiger partial charge in [-0.2, -0.15) is 0 Å². The van der Waals surface area contributed by atoms with E-state index in [9.17, 15) is 13.5 Å². The molecule has 1 saturated carbocycles. The SMILES string of the molecule is CCc1ncc(S(=O)(=O)N[C@H]2CCCC[C@@H]2O)[nH]1. The topological polar surface area (TPSA) is 95.1 Å². The predicted octanol–water partition coefficient (Wildman–Crippen LogP) is 0.554. The molecule has 0 saturated heterocycles. The molecule has 1 aromatic heterocycles. The van der Waals surface area contributed by atoms with Crippen molar-refractivity contribution in [3.63, 3.8) is 0 Å². The largest absolute Gasteiger partial charge is 0.391 e. The van der Waals surface area contributed by atoms with Gasteiger partial charge in [-0.3, -0.25) is 0 Å². The van der Waals surface area contributed by atoms with Crippen molar-refractivity contribution in [2.75, 3.05) is 0 Å². The Morgan fingerprint density at radius 2 is 2.22 bits per heavy atom. The van der Waals surface area contributed by atoms with Gasteiger partial charge < -0.3 is 10.1 Å². The zero-order valence-corrected chi connectivity index (χ0v) is 11.2. The van der Waals surface area contributed by atoms with Crippen LogP contribution in [0.3, 0.4) is 0 Å². The fraction of sp³-hybridized carbons (Fsp3) is 0.727. The molecule has 0 bridgehead atoms. The third-order valence-corrected chi connectivity index (χ3v) is 4.67. The number of aromatic nitrogens is 2. The maximum absolute atomic E-state index is 12.1. The number of aliphatic hydroxyl groups is 1. The molecule has 102 valence electrons. The molecule has 6 nitrogen and oxygen atoms in total. The van der Waals surface area contributed by atoms with E-state index in [2.05, 4.69) is 14.7 Å². The number of nitrogens with one attached hydrogen (secondary N) is 2. The maximum Gasteiger partial charge on any atom is 0.257 e. The van der Waals surface area contributed by atoms with Crippen molar-refractivity contribution < 1.29 is 13.5 Å². The molecule has 1 aliphatic rings. The molecule has 1 fully saturated rings. The van der Waals surface area contributed by atoms with Crippen LogP contribution in [0, 0.1) is 0 Å². The number of hydrogen-bond donors (Lipinski definition) is 3. The van der Waals surface area contributed by atoms with Crippen LogP contribution in [-0.4, -0.2) is 35.6 Å². The molecule has 7 heteroatoms. The van der Waals surface area contributed by atoms with E-state index < -0.39 is 22.2 Å². The van der Waals surface area contributed by atoms with Crippen molar-refractivity contribution in [2.24, 2.45) is 0 Å². The Kier molecular flexibility index (Phi) is 4.04. The minimum Gasteiger partial charge on any atom is -0.391 e. The molecule has 0 unspecified atom stereocenters. The first-order valence-corrected chi connectivity index (χ1v) is 7.75. The zero-order valence-electron chi connectivity index (χ0n) is 10.4. The van der Waals surface area contributed by atoms with Gasteiger partial charge in [-0.25, -0.2) is 18.1 Å². The summed E-state index contributed by atoms with van der Waals surface area (Å²) < 4.78 is 26.7. The summed E-state index contributed by atoms with van der Waals surface area (Å²) in [5.74, 6) is 0.638. The molecule has 3 N–H and O–H groups in total. The number of H-pyrrole nitrogens is 1. The summed E-state index contributed by atoms with van der Waals surface area (Å²) in [6.45, 7) is 1.90. The highest BCUT2D eigenvalue weighted by Crippen LogP contribution is 2.20. The van der Waals surface area contributed by atoms with E-state index >= 15 is 0 Å². The van der Waals surface area contributed by atoms with Gasteiger partial charge in [-0.15, -0.1) is 0 Å². The maximum atomic E-state index is 12.1. The van der Waals surface area contributed by atoms with E-state index in [-0.39, 0.29) is 5.03 Å². The van der Waals surface area contributed by atoms with Gasteiger partial charge in [0.25, 0.3) is 10.0 Å². The molecule has 0 aromatic carbocycles. The summed E-state index contributed by atoms with van der Waals surface area (Å²) in [6, 6.07) is -0.392. The van der Waals surface area contributed by atoms with E-state index in [4.69, 9.17) is 0 Å². The first-order valence-electron chi connectivity index (χ1n) is 6.27. The summed E-state index contributed by atoms with van der Waals surface area (Å²) in [4.78, 5) is 6.74. The summed E-state index contributed by atoms with van der Waals surface area (Å²) in [5.41, 5.74) is 0. The molecule has 1 aromatic rings. The highest BCUT2D eigenvalue weighted by molar-refractivity contribution is 7.89. The molecule has 0 radical (unpaired) electrons. The summed E-state index contributed by atoms with van der Waals surface area (Å²) in [6.07, 6.45) is 4.59. The van der Waals surface area contributed by atoms with E-state index in [1.54, 1.807) is 0 Å². The van der Waals surface area contributed by atoms with Crippen molar-refractivity contribution in [3.05, 3.63) is 12.0 Å². The van der Waals surface area contributed by atoms with Crippen LogP contribution >= 0.6 is 0 Å². The molecule has 0 amide bonds. The Morgan fingerprint density at radius 1 is 1.50 bits per heavy atom. The number of rotatable bonds is 4. The summed E-state index contributed by atoms with van der Waals surface area (Å²) >= 11 is 0. The monoisotopic (exact) mass is 273 g/mol. The third-order valence-electron chi connectivity index (χ3n) is 3.27. The number of aromatic amines is 1. The van der Waals surface area contributed by atoms with Gasteiger partial charge in [0.2, 0.25) is 0 Å². The van der Waals surface area contributed by atoms with Crippen LogP contribution in [-0.2, 0) is 16.4 Å². The number of hydrogen-bond acceptors (Lipinski definition) is 4. The lowest BCUT2D eigenvalue weighted by molar-refractivity contribution is 0.101. The van der Waals surface area contributed by atoms with Gasteiger partial charge in [0, 0.05) is 12.5 Å². The van der Waals surface area contributed by atoms with Crippen LogP contribution in [0.1, 0.15) is 38.4 Å². The Hall–Kier alpha value is -0.920. The van der Waals surface area contributed by atoms with Crippen LogP contribution in [0.2, 0.25) is 0 Å². The molecule has 2 atom stereocenters. The Balaban J connectivity index is 2.11. The molecule has 0 spiro atoms. The fourth-order valence-corrected chi connectivity index (χ4v) is 3.42. The standard InChI is InChI=1S/C11H19N3O3S/c1-2-10-12-7-11(13-10)18(16,17)14-8-5-3-4-6-9(8)15/h7-9,14-15H,2-6H2,1H3,(H,12,13)/t8-,9-/m0/s1. The van der Waals surface area contributed by atoms with Crippen LogP contribution in [0.4, 0.5) is 0 Å². The van der Waals surface area contributed by atoms with Gasteiger partial charge in [-0.1, -0.05) is 19.8 Å². The third kappa shape index (κ3) is 2.90. The number of sulfonamides is 1. The van der Waals surface area contributed by atoms with E-state index in [1.165, 1.54) is 6.20 Å². The minimum atomic E-state index is -3.61. The Bertz CT molecular complexity index is 497. The molecule has 18 heavy (non-hydrogen) atoms. The molecular weight excluding hydrogens is 254 g/mol. The number of aliphatic hydroxyl groups excluding tert-OH is 1. The Morgan fingerprint density at radius 3 is 2.83 bits per heavy atom.